The van der Waals surface area contributed by atoms with Gasteiger partial charge in [-0.2, -0.15) is 0 Å². The van der Waals surface area contributed by atoms with Crippen molar-refractivity contribution in [3.8, 4) is 56.0 Å². The number of pyridine rings is 3. The number of hydrogen-bond acceptors (Lipinski definition) is 4. The molecular formula is C55H38N4. The summed E-state index contributed by atoms with van der Waals surface area (Å²) in [5.41, 5.74) is 17.2. The largest absolute Gasteiger partial charge is 0.370 e. The molecule has 4 heterocycles. The Kier molecular flexibility index (Phi) is 8.41. The van der Waals surface area contributed by atoms with Gasteiger partial charge in [0, 0.05) is 58.5 Å². The van der Waals surface area contributed by atoms with Gasteiger partial charge in [0.1, 0.15) is 0 Å². The summed E-state index contributed by atoms with van der Waals surface area (Å²) < 4.78 is 0. The second-order valence-electron chi connectivity index (χ2n) is 15.3. The van der Waals surface area contributed by atoms with Crippen LogP contribution >= 0.6 is 0 Å². The van der Waals surface area contributed by atoms with Crippen LogP contribution in [0.4, 0.5) is 0 Å². The molecule has 278 valence electrons. The van der Waals surface area contributed by atoms with Crippen LogP contribution in [0, 0.1) is 0 Å². The average molecular weight is 755 g/mol. The van der Waals surface area contributed by atoms with Crippen LogP contribution in [0.1, 0.15) is 16.7 Å². The van der Waals surface area contributed by atoms with E-state index in [-0.39, 0.29) is 0 Å². The van der Waals surface area contributed by atoms with E-state index in [4.69, 9.17) is 9.97 Å². The molecule has 7 aromatic carbocycles. The first-order valence-corrected chi connectivity index (χ1v) is 20.1. The lowest BCUT2D eigenvalue weighted by atomic mass is 9.92. The van der Waals surface area contributed by atoms with Crippen molar-refractivity contribution < 1.29 is 0 Å². The molecule has 11 rings (SSSR count). The van der Waals surface area contributed by atoms with Gasteiger partial charge in [0.25, 0.3) is 0 Å². The van der Waals surface area contributed by atoms with Crippen LogP contribution < -0.4 is 0 Å². The van der Waals surface area contributed by atoms with E-state index in [1.54, 1.807) is 0 Å². The first kappa shape index (κ1) is 34.5. The van der Waals surface area contributed by atoms with E-state index >= 15 is 0 Å². The molecular weight excluding hydrogens is 717 g/mol. The van der Waals surface area contributed by atoms with E-state index in [2.05, 4.69) is 199 Å². The highest BCUT2D eigenvalue weighted by Crippen LogP contribution is 2.41. The first-order chi connectivity index (χ1) is 29.1. The highest BCUT2D eigenvalue weighted by molar-refractivity contribution is 6.13. The molecule has 10 aromatic rings. The fourth-order valence-electron chi connectivity index (χ4n) is 8.68. The van der Waals surface area contributed by atoms with Crippen molar-refractivity contribution >= 4 is 44.4 Å². The molecule has 0 atom stereocenters. The van der Waals surface area contributed by atoms with E-state index in [0.717, 1.165) is 84.5 Å². The van der Waals surface area contributed by atoms with Crippen LogP contribution in [-0.2, 0) is 6.54 Å². The number of fused-ring (bicyclic) bond motifs is 5. The Morgan fingerprint density at radius 3 is 1.83 bits per heavy atom. The van der Waals surface area contributed by atoms with Gasteiger partial charge in [-0.05, 0) is 74.5 Å². The van der Waals surface area contributed by atoms with E-state index in [0.29, 0.717) is 0 Å². The molecule has 4 nitrogen and oxygen atoms in total. The first-order valence-electron chi connectivity index (χ1n) is 20.1. The third kappa shape index (κ3) is 6.23. The lowest BCUT2D eigenvalue weighted by Gasteiger charge is -2.29. The average Bonchev–Trinajstić information content (AvgIpc) is 3.31. The number of nitrogens with zero attached hydrogens (tertiary/aromatic N) is 4. The maximum atomic E-state index is 5.60. The van der Waals surface area contributed by atoms with Crippen LogP contribution in [0.5, 0.6) is 0 Å². The third-order valence-electron chi connectivity index (χ3n) is 11.7. The maximum Gasteiger partial charge on any atom is 0.0979 e. The van der Waals surface area contributed by atoms with Crippen LogP contribution in [-0.4, -0.2) is 26.9 Å². The molecule has 0 saturated carbocycles. The van der Waals surface area contributed by atoms with E-state index < -0.39 is 0 Å². The lowest BCUT2D eigenvalue weighted by Crippen LogP contribution is -2.20. The zero-order valence-corrected chi connectivity index (χ0v) is 32.5. The smallest absolute Gasteiger partial charge is 0.0979 e. The fraction of sp³-hybridized carbons (Fsp3) is 0.0364. The molecule has 1 aliphatic rings. The monoisotopic (exact) mass is 754 g/mol. The minimum Gasteiger partial charge on any atom is -0.370 e. The molecule has 0 spiro atoms. The van der Waals surface area contributed by atoms with E-state index in [1.165, 1.54) is 33.0 Å². The number of rotatable bonds is 6. The Morgan fingerprint density at radius 2 is 1.03 bits per heavy atom. The van der Waals surface area contributed by atoms with E-state index in [9.17, 15) is 0 Å². The van der Waals surface area contributed by atoms with E-state index in [1.807, 2.05) is 18.3 Å². The highest BCUT2D eigenvalue weighted by atomic mass is 15.1. The van der Waals surface area contributed by atoms with Gasteiger partial charge in [-0.3, -0.25) is 4.98 Å². The second-order valence-corrected chi connectivity index (χ2v) is 15.3. The van der Waals surface area contributed by atoms with Gasteiger partial charge >= 0.3 is 0 Å². The zero-order chi connectivity index (χ0) is 39.3. The molecule has 0 fully saturated rings. The Hall–Kier alpha value is -7.69. The fourth-order valence-corrected chi connectivity index (χ4v) is 8.68. The van der Waals surface area contributed by atoms with Gasteiger partial charge in [-0.15, -0.1) is 0 Å². The van der Waals surface area contributed by atoms with Crippen molar-refractivity contribution in [2.24, 2.45) is 0 Å². The van der Waals surface area contributed by atoms with Gasteiger partial charge < -0.3 is 4.90 Å². The van der Waals surface area contributed by atoms with Gasteiger partial charge in [-0.1, -0.05) is 164 Å². The summed E-state index contributed by atoms with van der Waals surface area (Å²) in [4.78, 5) is 18.1. The molecule has 0 saturated heterocycles. The molecule has 1 aliphatic heterocycles. The number of hydrogen-bond donors (Lipinski definition) is 0. The Morgan fingerprint density at radius 1 is 0.424 bits per heavy atom. The van der Waals surface area contributed by atoms with Crippen molar-refractivity contribution in [2.75, 3.05) is 7.05 Å². The van der Waals surface area contributed by atoms with Gasteiger partial charge in [0.2, 0.25) is 0 Å². The zero-order valence-electron chi connectivity index (χ0n) is 32.5. The maximum absolute atomic E-state index is 5.60. The topological polar surface area (TPSA) is 41.9 Å². The Balaban J connectivity index is 1.19. The summed E-state index contributed by atoms with van der Waals surface area (Å²) in [6.07, 6.45) is 4.17. The molecule has 0 unspecified atom stereocenters. The minimum absolute atomic E-state index is 0.822. The molecule has 0 aliphatic carbocycles. The predicted molar refractivity (Wildman–Crippen MR) is 245 cm³/mol. The molecule has 0 bridgehead atoms. The SMILES string of the molecule is CN1Cc2ccccc2C=C1c1cc(-c2ccc(-c3ccccc3)cc2)nc2c1ccc1c(-c3ccc(-c4ccccn4)cc3)cc(-c3cccc4ccccc34)nc12. The molecule has 0 N–H and O–H groups in total. The van der Waals surface area contributed by atoms with Crippen LogP contribution in [0.3, 0.4) is 0 Å². The molecule has 0 amide bonds. The quantitative estimate of drug-likeness (QED) is 0.159. The summed E-state index contributed by atoms with van der Waals surface area (Å²) in [6, 6.07) is 66.9. The summed E-state index contributed by atoms with van der Waals surface area (Å²) in [5.74, 6) is 0. The number of benzene rings is 7. The molecule has 4 heteroatoms. The van der Waals surface area contributed by atoms with Crippen LogP contribution in [0.25, 0.3) is 100 Å². The minimum atomic E-state index is 0.822. The van der Waals surface area contributed by atoms with Crippen molar-refractivity contribution in [3.05, 3.63) is 211 Å². The van der Waals surface area contributed by atoms with Gasteiger partial charge in [0.15, 0.2) is 0 Å². The second kappa shape index (κ2) is 14.4. The molecule has 3 aromatic heterocycles. The van der Waals surface area contributed by atoms with Gasteiger partial charge in [-0.25, -0.2) is 9.97 Å². The van der Waals surface area contributed by atoms with Gasteiger partial charge in [0.05, 0.1) is 28.1 Å². The highest BCUT2D eigenvalue weighted by Gasteiger charge is 2.22. The molecule has 0 radical (unpaired) electrons. The third-order valence-corrected chi connectivity index (χ3v) is 11.7. The van der Waals surface area contributed by atoms with Crippen molar-refractivity contribution in [3.63, 3.8) is 0 Å². The van der Waals surface area contributed by atoms with Crippen molar-refractivity contribution in [1.82, 2.24) is 19.9 Å². The predicted octanol–water partition coefficient (Wildman–Crippen LogP) is 13.6. The number of aromatic nitrogens is 3. The summed E-state index contributed by atoms with van der Waals surface area (Å²) in [7, 11) is 2.19. The molecule has 59 heavy (non-hydrogen) atoms. The summed E-state index contributed by atoms with van der Waals surface area (Å²) in [5, 5.41) is 4.47. The lowest BCUT2D eigenvalue weighted by molar-refractivity contribution is 0.472. The Labute approximate surface area is 343 Å². The summed E-state index contributed by atoms with van der Waals surface area (Å²) >= 11 is 0. The van der Waals surface area contributed by atoms with Crippen molar-refractivity contribution in [1.29, 1.82) is 0 Å². The normalized spacial score (nSPS) is 12.5. The van der Waals surface area contributed by atoms with Crippen molar-refractivity contribution in [2.45, 2.75) is 6.54 Å². The Bertz CT molecular complexity index is 3220. The summed E-state index contributed by atoms with van der Waals surface area (Å²) in [6.45, 7) is 0.822. The van der Waals surface area contributed by atoms with Crippen LogP contribution in [0.15, 0.2) is 194 Å². The standard InChI is InChI=1S/C55H38N4/c1-59-35-43-16-6-5-15-42(43)32-53(59)49-34-51(41-25-21-37(22-26-41)36-12-3-2-4-13-36)57-55-47(49)30-29-46-48(39-23-27-40(28-24-39)50-20-9-10-31-56-50)33-52(58-54(46)55)45-19-11-17-38-14-7-8-18-44(38)45/h2-34H,35H2,1H3. The van der Waals surface area contributed by atoms with Crippen LogP contribution in [0.2, 0.25) is 0 Å².